The van der Waals surface area contributed by atoms with Crippen LogP contribution in [-0.2, 0) is 0 Å². The number of hydrogen-bond donors (Lipinski definition) is 1. The van der Waals surface area contributed by atoms with Crippen molar-refractivity contribution in [1.29, 1.82) is 0 Å². The molecule has 0 atom stereocenters. The van der Waals surface area contributed by atoms with Crippen molar-refractivity contribution < 1.29 is 0 Å². The average molecular weight is 251 g/mol. The minimum atomic E-state index is 1.09. The second-order valence-electron chi connectivity index (χ2n) is 2.49. The molecule has 0 radical (unpaired) electrons. The summed E-state index contributed by atoms with van der Waals surface area (Å²) in [6, 6.07) is 8.13. The van der Waals surface area contributed by atoms with Crippen molar-refractivity contribution in [1.82, 2.24) is 10.2 Å². The quantitative estimate of drug-likeness (QED) is 0.770. The van der Waals surface area contributed by atoms with Crippen molar-refractivity contribution >= 4 is 15.9 Å². The predicted molar refractivity (Wildman–Crippen MR) is 63.0 cm³/mol. The monoisotopic (exact) mass is 250 g/mol. The standard InChI is InChI=1S/C9H7BrN2.C2H4/c10-9-3-1-7(2-4-9)8-5-11-12-6-8;1-2/h1-6H,(H,11,12);1-2H2. The fourth-order valence-electron chi connectivity index (χ4n) is 1.05. The molecule has 1 N–H and O–H groups in total. The molecule has 0 aliphatic rings. The maximum Gasteiger partial charge on any atom is 0.0565 e. The zero-order valence-corrected chi connectivity index (χ0v) is 9.29. The van der Waals surface area contributed by atoms with Crippen LogP contribution in [0.5, 0.6) is 0 Å². The summed E-state index contributed by atoms with van der Waals surface area (Å²) < 4.78 is 1.09. The van der Waals surface area contributed by atoms with Crippen molar-refractivity contribution in [3.05, 3.63) is 54.3 Å². The van der Waals surface area contributed by atoms with Gasteiger partial charge < -0.3 is 0 Å². The zero-order chi connectivity index (χ0) is 10.4. The lowest BCUT2D eigenvalue weighted by Gasteiger charge is -1.95. The number of nitrogens with zero attached hydrogens (tertiary/aromatic N) is 1. The molecule has 0 spiro atoms. The van der Waals surface area contributed by atoms with Crippen molar-refractivity contribution in [2.45, 2.75) is 0 Å². The van der Waals surface area contributed by atoms with Crippen LogP contribution in [-0.4, -0.2) is 10.2 Å². The molecule has 3 heteroatoms. The number of hydrogen-bond acceptors (Lipinski definition) is 1. The van der Waals surface area contributed by atoms with E-state index in [1.54, 1.807) is 0 Å². The van der Waals surface area contributed by atoms with Gasteiger partial charge in [0.15, 0.2) is 0 Å². The van der Waals surface area contributed by atoms with Crippen LogP contribution < -0.4 is 0 Å². The molecule has 14 heavy (non-hydrogen) atoms. The Hall–Kier alpha value is -1.35. The van der Waals surface area contributed by atoms with Crippen LogP contribution in [0, 0.1) is 0 Å². The summed E-state index contributed by atoms with van der Waals surface area (Å²) in [4.78, 5) is 0. The fourth-order valence-corrected chi connectivity index (χ4v) is 1.32. The smallest absolute Gasteiger partial charge is 0.0565 e. The summed E-state index contributed by atoms with van der Waals surface area (Å²) >= 11 is 3.39. The Morgan fingerprint density at radius 1 is 1.07 bits per heavy atom. The molecule has 0 bridgehead atoms. The topological polar surface area (TPSA) is 28.7 Å². The molecular formula is C11H11BrN2. The summed E-state index contributed by atoms with van der Waals surface area (Å²) in [6.07, 6.45) is 3.69. The Morgan fingerprint density at radius 2 is 1.71 bits per heavy atom. The van der Waals surface area contributed by atoms with Gasteiger partial charge in [-0.3, -0.25) is 5.10 Å². The summed E-state index contributed by atoms with van der Waals surface area (Å²) in [5.41, 5.74) is 2.29. The molecule has 0 amide bonds. The van der Waals surface area contributed by atoms with E-state index in [1.165, 1.54) is 5.56 Å². The SMILES string of the molecule is Brc1ccc(-c2cn[nH]c2)cc1.C=C. The number of halogens is 1. The Morgan fingerprint density at radius 3 is 2.21 bits per heavy atom. The van der Waals surface area contributed by atoms with Crippen molar-refractivity contribution in [3.8, 4) is 11.1 Å². The van der Waals surface area contributed by atoms with Crippen LogP contribution in [0.1, 0.15) is 0 Å². The van der Waals surface area contributed by atoms with Crippen LogP contribution in [0.15, 0.2) is 54.3 Å². The van der Waals surface area contributed by atoms with Crippen molar-refractivity contribution in [2.24, 2.45) is 0 Å². The van der Waals surface area contributed by atoms with Crippen LogP contribution in [0.3, 0.4) is 0 Å². The molecule has 0 aliphatic heterocycles. The van der Waals surface area contributed by atoms with Gasteiger partial charge in [0.1, 0.15) is 0 Å². The number of benzene rings is 1. The van der Waals surface area contributed by atoms with Gasteiger partial charge in [-0.15, -0.1) is 13.2 Å². The first kappa shape index (κ1) is 10.7. The third-order valence-electron chi connectivity index (χ3n) is 1.68. The predicted octanol–water partition coefficient (Wildman–Crippen LogP) is 3.64. The Kier molecular flexibility index (Phi) is 4.13. The van der Waals surface area contributed by atoms with E-state index in [4.69, 9.17) is 0 Å². The summed E-state index contributed by atoms with van der Waals surface area (Å²) in [5.74, 6) is 0. The maximum absolute atomic E-state index is 3.88. The fraction of sp³-hybridized carbons (Fsp3) is 0. The molecule has 2 nitrogen and oxygen atoms in total. The molecule has 1 aromatic carbocycles. The number of aromatic amines is 1. The van der Waals surface area contributed by atoms with Gasteiger partial charge in [0.25, 0.3) is 0 Å². The number of nitrogens with one attached hydrogen (secondary N) is 1. The molecule has 0 saturated heterocycles. The van der Waals surface area contributed by atoms with E-state index in [2.05, 4.69) is 51.4 Å². The molecular weight excluding hydrogens is 240 g/mol. The van der Waals surface area contributed by atoms with Gasteiger partial charge in [0.2, 0.25) is 0 Å². The van der Waals surface area contributed by atoms with Crippen LogP contribution in [0.2, 0.25) is 0 Å². The number of H-pyrrole nitrogens is 1. The van der Waals surface area contributed by atoms with E-state index < -0.39 is 0 Å². The highest BCUT2D eigenvalue weighted by molar-refractivity contribution is 9.10. The summed E-state index contributed by atoms with van der Waals surface area (Å²) in [5, 5.41) is 6.67. The van der Waals surface area contributed by atoms with Crippen molar-refractivity contribution in [2.75, 3.05) is 0 Å². The Labute approximate surface area is 91.8 Å². The number of aromatic nitrogens is 2. The Balaban J connectivity index is 0.000000461. The van der Waals surface area contributed by atoms with Crippen LogP contribution >= 0.6 is 15.9 Å². The lowest BCUT2D eigenvalue weighted by molar-refractivity contribution is 1.09. The molecule has 0 aliphatic carbocycles. The average Bonchev–Trinajstić information content (AvgIpc) is 2.75. The van der Waals surface area contributed by atoms with Crippen LogP contribution in [0.4, 0.5) is 0 Å². The van der Waals surface area contributed by atoms with Gasteiger partial charge in [-0.1, -0.05) is 28.1 Å². The number of rotatable bonds is 1. The first-order valence-corrected chi connectivity index (χ1v) is 4.90. The van der Waals surface area contributed by atoms with Gasteiger partial charge in [-0.25, -0.2) is 0 Å². The first-order chi connectivity index (χ1) is 6.86. The van der Waals surface area contributed by atoms with Gasteiger partial charge in [0.05, 0.1) is 6.20 Å². The van der Waals surface area contributed by atoms with E-state index in [-0.39, 0.29) is 0 Å². The second kappa shape index (κ2) is 5.40. The van der Waals surface area contributed by atoms with Gasteiger partial charge in [-0.2, -0.15) is 5.10 Å². The molecule has 72 valence electrons. The maximum atomic E-state index is 3.88. The first-order valence-electron chi connectivity index (χ1n) is 4.11. The van der Waals surface area contributed by atoms with Gasteiger partial charge in [-0.05, 0) is 17.7 Å². The van der Waals surface area contributed by atoms with E-state index in [1.807, 2.05) is 24.5 Å². The Bertz CT molecular complexity index is 365. The molecule has 0 unspecified atom stereocenters. The molecule has 2 aromatic rings. The largest absolute Gasteiger partial charge is 0.285 e. The molecule has 2 rings (SSSR count). The van der Waals surface area contributed by atoms with Crippen LogP contribution in [0.25, 0.3) is 11.1 Å². The van der Waals surface area contributed by atoms with Gasteiger partial charge in [0, 0.05) is 16.2 Å². The third kappa shape index (κ3) is 2.57. The van der Waals surface area contributed by atoms with E-state index >= 15 is 0 Å². The minimum absolute atomic E-state index is 1.09. The highest BCUT2D eigenvalue weighted by Gasteiger charge is 1.96. The molecule has 0 fully saturated rings. The molecule has 1 aromatic heterocycles. The lowest BCUT2D eigenvalue weighted by Crippen LogP contribution is -1.71. The van der Waals surface area contributed by atoms with Crippen molar-refractivity contribution in [3.63, 3.8) is 0 Å². The third-order valence-corrected chi connectivity index (χ3v) is 2.20. The molecule has 0 saturated carbocycles. The normalized spacial score (nSPS) is 8.93. The summed E-state index contributed by atoms with van der Waals surface area (Å²) in [6.45, 7) is 6.00. The lowest BCUT2D eigenvalue weighted by atomic mass is 10.1. The summed E-state index contributed by atoms with van der Waals surface area (Å²) in [7, 11) is 0. The molecule has 1 heterocycles. The van der Waals surface area contributed by atoms with E-state index in [0.29, 0.717) is 0 Å². The highest BCUT2D eigenvalue weighted by Crippen LogP contribution is 2.19. The highest BCUT2D eigenvalue weighted by atomic mass is 79.9. The van der Waals surface area contributed by atoms with Gasteiger partial charge >= 0.3 is 0 Å². The van der Waals surface area contributed by atoms with E-state index in [9.17, 15) is 0 Å². The minimum Gasteiger partial charge on any atom is -0.285 e. The second-order valence-corrected chi connectivity index (χ2v) is 3.41. The zero-order valence-electron chi connectivity index (χ0n) is 7.70. The van der Waals surface area contributed by atoms with E-state index in [0.717, 1.165) is 10.0 Å².